The molecule has 1 aromatic heterocycles. The minimum absolute atomic E-state index is 0.0283. The predicted octanol–water partition coefficient (Wildman–Crippen LogP) is 1.87. The van der Waals surface area contributed by atoms with Gasteiger partial charge in [0, 0.05) is 26.7 Å². The highest BCUT2D eigenvalue weighted by atomic mass is 32.2. The summed E-state index contributed by atoms with van der Waals surface area (Å²) in [5.41, 5.74) is 6.75. The molecule has 2 rings (SSSR count). The summed E-state index contributed by atoms with van der Waals surface area (Å²) in [5, 5.41) is 4.58. The van der Waals surface area contributed by atoms with Gasteiger partial charge in [-0.25, -0.2) is 0 Å². The van der Waals surface area contributed by atoms with Crippen LogP contribution in [0.3, 0.4) is 0 Å². The van der Waals surface area contributed by atoms with Gasteiger partial charge in [0.25, 0.3) is 5.91 Å². The largest absolute Gasteiger partial charge is 0.396 e. The summed E-state index contributed by atoms with van der Waals surface area (Å²) in [6.07, 6.45) is 3.12. The minimum Gasteiger partial charge on any atom is -0.396 e. The second kappa shape index (κ2) is 6.24. The molecule has 3 N–H and O–H groups in total. The number of anilines is 2. The Balaban J connectivity index is 2.24. The lowest BCUT2D eigenvalue weighted by Gasteiger charge is -2.13. The van der Waals surface area contributed by atoms with E-state index in [1.54, 1.807) is 30.8 Å². The highest BCUT2D eigenvalue weighted by Crippen LogP contribution is 2.42. The molecule has 112 valence electrons. The van der Waals surface area contributed by atoms with E-state index in [1.807, 2.05) is 6.26 Å². The van der Waals surface area contributed by atoms with Gasteiger partial charge in [0.1, 0.15) is 9.88 Å². The third-order valence-corrected chi connectivity index (χ3v) is 5.52. The lowest BCUT2D eigenvalue weighted by molar-refractivity contribution is 0.0833. The fraction of sp³-hybridized carbons (Fsp3) is 0.615. The van der Waals surface area contributed by atoms with E-state index in [1.165, 1.54) is 11.3 Å². The van der Waals surface area contributed by atoms with Crippen LogP contribution >= 0.6 is 23.1 Å². The Bertz CT molecular complexity index is 501. The van der Waals surface area contributed by atoms with Crippen LogP contribution in [0.25, 0.3) is 0 Å². The van der Waals surface area contributed by atoms with Crippen LogP contribution in [0.2, 0.25) is 0 Å². The van der Waals surface area contributed by atoms with Crippen LogP contribution in [0.1, 0.15) is 16.1 Å². The van der Waals surface area contributed by atoms with Crippen molar-refractivity contribution in [1.82, 2.24) is 9.80 Å². The van der Waals surface area contributed by atoms with Gasteiger partial charge >= 0.3 is 0 Å². The van der Waals surface area contributed by atoms with Crippen LogP contribution in [-0.4, -0.2) is 62.2 Å². The summed E-state index contributed by atoms with van der Waals surface area (Å²) in [4.78, 5) is 17.6. The van der Waals surface area contributed by atoms with E-state index in [4.69, 9.17) is 5.73 Å². The van der Waals surface area contributed by atoms with Gasteiger partial charge in [0.15, 0.2) is 0 Å². The molecule has 0 radical (unpaired) electrons. The highest BCUT2D eigenvalue weighted by molar-refractivity contribution is 7.99. The molecule has 2 heterocycles. The Kier molecular flexibility index (Phi) is 4.82. The zero-order valence-electron chi connectivity index (χ0n) is 12.4. The molecule has 1 unspecified atom stereocenters. The number of rotatable bonds is 4. The van der Waals surface area contributed by atoms with E-state index in [2.05, 4.69) is 17.3 Å². The van der Waals surface area contributed by atoms with Gasteiger partial charge < -0.3 is 20.9 Å². The van der Waals surface area contributed by atoms with Crippen LogP contribution in [-0.2, 0) is 0 Å². The maximum Gasteiger partial charge on any atom is 0.265 e. The molecule has 1 aliphatic heterocycles. The van der Waals surface area contributed by atoms with Crippen molar-refractivity contribution in [3.05, 3.63) is 4.88 Å². The standard InChI is InChI=1S/C13H22N4OS2/c1-16(2)13(18)11-9(14)10(19-4)12(20-11)15-8-5-6-17(3)7-8/h8,15H,5-7,14H2,1-4H3. The van der Waals surface area contributed by atoms with Crippen molar-refractivity contribution in [2.24, 2.45) is 0 Å². The zero-order chi connectivity index (χ0) is 14.9. The van der Waals surface area contributed by atoms with Crippen LogP contribution < -0.4 is 11.1 Å². The van der Waals surface area contributed by atoms with E-state index in [-0.39, 0.29) is 5.91 Å². The normalized spacial score (nSPS) is 19.3. The van der Waals surface area contributed by atoms with Crippen molar-refractivity contribution in [3.63, 3.8) is 0 Å². The lowest BCUT2D eigenvalue weighted by Crippen LogP contribution is -2.23. The van der Waals surface area contributed by atoms with Crippen molar-refractivity contribution in [1.29, 1.82) is 0 Å². The number of nitrogens with zero attached hydrogens (tertiary/aromatic N) is 2. The molecule has 1 atom stereocenters. The molecule has 0 aliphatic carbocycles. The zero-order valence-corrected chi connectivity index (χ0v) is 14.0. The lowest BCUT2D eigenvalue weighted by atomic mass is 10.2. The first-order valence-corrected chi connectivity index (χ1v) is 8.61. The maximum atomic E-state index is 12.1. The van der Waals surface area contributed by atoms with E-state index in [0.29, 0.717) is 16.6 Å². The van der Waals surface area contributed by atoms with Crippen LogP contribution in [0.15, 0.2) is 4.90 Å². The van der Waals surface area contributed by atoms with Crippen LogP contribution in [0.5, 0.6) is 0 Å². The molecule has 0 saturated carbocycles. The van der Waals surface area contributed by atoms with Crippen LogP contribution in [0.4, 0.5) is 10.7 Å². The first-order valence-electron chi connectivity index (χ1n) is 6.57. The van der Waals surface area contributed by atoms with Gasteiger partial charge in [0.05, 0.1) is 10.6 Å². The van der Waals surface area contributed by atoms with Gasteiger partial charge in [-0.1, -0.05) is 0 Å². The van der Waals surface area contributed by atoms with E-state index < -0.39 is 0 Å². The molecule has 1 amide bonds. The Morgan fingerprint density at radius 2 is 2.25 bits per heavy atom. The molecule has 7 heteroatoms. The van der Waals surface area contributed by atoms with Gasteiger partial charge in [0.2, 0.25) is 0 Å². The fourth-order valence-electron chi connectivity index (χ4n) is 2.33. The molecule has 1 saturated heterocycles. The summed E-state index contributed by atoms with van der Waals surface area (Å²) in [6, 6.07) is 0.436. The number of nitrogen functional groups attached to an aromatic ring is 1. The Morgan fingerprint density at radius 1 is 1.55 bits per heavy atom. The van der Waals surface area contributed by atoms with Gasteiger partial charge in [-0.3, -0.25) is 4.79 Å². The molecule has 0 bridgehead atoms. The molecule has 0 spiro atoms. The minimum atomic E-state index is -0.0283. The van der Waals surface area contributed by atoms with E-state index >= 15 is 0 Å². The molecule has 20 heavy (non-hydrogen) atoms. The average molecular weight is 314 g/mol. The first kappa shape index (κ1) is 15.5. The summed E-state index contributed by atoms with van der Waals surface area (Å²) in [5.74, 6) is -0.0283. The molecule has 1 fully saturated rings. The predicted molar refractivity (Wildman–Crippen MR) is 88.1 cm³/mol. The molecular formula is C13H22N4OS2. The fourth-order valence-corrected chi connectivity index (χ4v) is 4.45. The number of likely N-dealkylation sites (N-methyl/N-ethyl adjacent to an activating group) is 1. The third kappa shape index (κ3) is 3.05. The molecule has 1 aliphatic rings. The van der Waals surface area contributed by atoms with Crippen molar-refractivity contribution < 1.29 is 4.79 Å². The Morgan fingerprint density at radius 3 is 2.75 bits per heavy atom. The number of carbonyl (C=O) groups is 1. The first-order chi connectivity index (χ1) is 9.43. The van der Waals surface area contributed by atoms with Gasteiger partial charge in [-0.05, 0) is 26.3 Å². The molecule has 1 aromatic rings. The second-order valence-corrected chi connectivity index (χ2v) is 7.14. The summed E-state index contributed by atoms with van der Waals surface area (Å²) in [6.45, 7) is 2.14. The van der Waals surface area contributed by atoms with Crippen LogP contribution in [0, 0.1) is 0 Å². The smallest absolute Gasteiger partial charge is 0.265 e. The number of thiophene rings is 1. The number of hydrogen-bond acceptors (Lipinski definition) is 6. The number of carbonyl (C=O) groups excluding carboxylic acids is 1. The Labute approximate surface area is 128 Å². The van der Waals surface area contributed by atoms with Crippen molar-refractivity contribution in [2.45, 2.75) is 17.4 Å². The molecular weight excluding hydrogens is 292 g/mol. The summed E-state index contributed by atoms with van der Waals surface area (Å²) in [7, 11) is 5.62. The maximum absolute atomic E-state index is 12.1. The SMILES string of the molecule is CSc1c(NC2CCN(C)C2)sc(C(=O)N(C)C)c1N. The van der Waals surface area contributed by atoms with Crippen molar-refractivity contribution >= 4 is 39.7 Å². The van der Waals surface area contributed by atoms with Crippen molar-refractivity contribution in [3.8, 4) is 0 Å². The van der Waals surface area contributed by atoms with Gasteiger partial charge in [-0.15, -0.1) is 23.1 Å². The average Bonchev–Trinajstić information content (AvgIpc) is 2.93. The number of nitrogens with two attached hydrogens (primary N) is 1. The number of hydrogen-bond donors (Lipinski definition) is 2. The number of amides is 1. The van der Waals surface area contributed by atoms with E-state index in [0.717, 1.165) is 29.4 Å². The Hall–Kier alpha value is -0.920. The summed E-state index contributed by atoms with van der Waals surface area (Å²) < 4.78 is 0. The highest BCUT2D eigenvalue weighted by Gasteiger charge is 2.25. The number of nitrogens with one attached hydrogen (secondary N) is 1. The van der Waals surface area contributed by atoms with Gasteiger partial charge in [-0.2, -0.15) is 0 Å². The number of likely N-dealkylation sites (tertiary alicyclic amines) is 1. The second-order valence-electron chi connectivity index (χ2n) is 5.30. The number of thioether (sulfide) groups is 1. The quantitative estimate of drug-likeness (QED) is 0.831. The molecule has 5 nitrogen and oxygen atoms in total. The van der Waals surface area contributed by atoms with E-state index in [9.17, 15) is 4.79 Å². The third-order valence-electron chi connectivity index (χ3n) is 3.43. The summed E-state index contributed by atoms with van der Waals surface area (Å²) >= 11 is 3.06. The molecule has 0 aromatic carbocycles. The van der Waals surface area contributed by atoms with Crippen molar-refractivity contribution in [2.75, 3.05) is 51.5 Å². The topological polar surface area (TPSA) is 61.6 Å². The monoisotopic (exact) mass is 314 g/mol.